The van der Waals surface area contributed by atoms with E-state index in [-0.39, 0.29) is 17.6 Å². The number of benzene rings is 2. The van der Waals surface area contributed by atoms with Gasteiger partial charge in [-0.15, -0.1) is 0 Å². The summed E-state index contributed by atoms with van der Waals surface area (Å²) in [5, 5.41) is 10.5. The van der Waals surface area contributed by atoms with Crippen LogP contribution in [0, 0.1) is 18.8 Å². The number of likely N-dealkylation sites (tertiary alicyclic amines) is 1. The summed E-state index contributed by atoms with van der Waals surface area (Å²) in [5.74, 6) is 5.78. The van der Waals surface area contributed by atoms with Crippen LogP contribution in [0.25, 0.3) is 11.0 Å². The number of carboxylic acid groups (broad SMARTS) is 1. The Morgan fingerprint density at radius 3 is 2.67 bits per heavy atom. The van der Waals surface area contributed by atoms with Crippen molar-refractivity contribution in [1.82, 2.24) is 19.4 Å². The second-order valence-electron chi connectivity index (χ2n) is 12.2. The minimum atomic E-state index is -1.05. The largest absolute Gasteiger partial charge is 0.478 e. The van der Waals surface area contributed by atoms with E-state index < -0.39 is 18.4 Å². The molecule has 1 N–H and O–H groups in total. The first-order valence-corrected chi connectivity index (χ1v) is 15.9. The molecule has 0 bridgehead atoms. The number of carbonyl (C=O) groups is 1. The smallest absolute Gasteiger partial charge is 0.336 e. The molecule has 2 saturated heterocycles. The number of hydrogen-bond donors (Lipinski definition) is 1. The molecule has 9 nitrogen and oxygen atoms in total. The molecule has 0 spiro atoms. The van der Waals surface area contributed by atoms with E-state index in [0.29, 0.717) is 58.3 Å². The van der Waals surface area contributed by atoms with E-state index in [0.717, 1.165) is 49.5 Å². The average Bonchev–Trinajstić information content (AvgIpc) is 3.55. The number of imidazole rings is 1. The molecule has 7 rings (SSSR count). The van der Waals surface area contributed by atoms with Crippen molar-refractivity contribution in [1.29, 1.82) is 0 Å². The summed E-state index contributed by atoms with van der Waals surface area (Å²) in [4.78, 5) is 24.0. The van der Waals surface area contributed by atoms with Crippen LogP contribution >= 0.6 is 11.6 Å². The number of para-hydroxylation sites is 1. The number of pyridine rings is 1. The van der Waals surface area contributed by atoms with Crippen molar-refractivity contribution in [2.45, 2.75) is 64.0 Å². The Bertz CT molecular complexity index is 1870. The Balaban J connectivity index is 1.13. The predicted molar refractivity (Wildman–Crippen MR) is 170 cm³/mol. The molecule has 0 radical (unpaired) electrons. The molecule has 3 aliphatic rings. The molecular formula is C35H34ClFN4O5. The maximum atomic E-state index is 13.1. The molecule has 5 heterocycles. The Hall–Kier alpha value is -4.17. The van der Waals surface area contributed by atoms with Gasteiger partial charge in [-0.2, -0.15) is 0 Å². The summed E-state index contributed by atoms with van der Waals surface area (Å²) in [5.41, 5.74) is 4.14. The predicted octanol–water partition coefficient (Wildman–Crippen LogP) is 6.22. The van der Waals surface area contributed by atoms with Gasteiger partial charge in [0.15, 0.2) is 18.2 Å². The lowest BCUT2D eigenvalue weighted by molar-refractivity contribution is -0.0722. The summed E-state index contributed by atoms with van der Waals surface area (Å²) < 4.78 is 33.6. The zero-order valence-electron chi connectivity index (χ0n) is 25.7. The number of nitrogens with zero attached hydrogens (tertiary/aromatic N) is 4. The standard InChI is InChI=1S/C35H34ClFN4O5/c1-21-25(6-4-13-37)32-28(17-27(21)34(42)43)41(19-24-12-16-44-24)31(39-32)20-40-14-10-22(11-15-40)26-5-3-7-29-33(26)46-35(2,45-29)30-9-8-23(36)18-38-30/h3,5,7-9,17-18,22,24H,10-16,19-20H2,1-2H3,(H,42,43). The SMILES string of the molecule is Cc1c(C(=O)O)cc2c(nc(CN3CCC(c4cccc5c4OC(C)(c4ccc(Cl)cn4)O5)CC3)n2CC2CCO2)c1C#CCF. The minimum absolute atomic E-state index is 0.0352. The molecule has 0 aliphatic carbocycles. The summed E-state index contributed by atoms with van der Waals surface area (Å²) in [6, 6.07) is 11.3. The van der Waals surface area contributed by atoms with Gasteiger partial charge >= 0.3 is 5.97 Å². The van der Waals surface area contributed by atoms with Crippen LogP contribution in [-0.2, 0) is 23.6 Å². The van der Waals surface area contributed by atoms with E-state index in [1.54, 1.807) is 25.3 Å². The second-order valence-corrected chi connectivity index (χ2v) is 12.6. The number of carboxylic acids is 1. The van der Waals surface area contributed by atoms with Crippen LogP contribution in [-0.4, -0.2) is 63.0 Å². The van der Waals surface area contributed by atoms with E-state index >= 15 is 0 Å². The number of halogens is 2. The van der Waals surface area contributed by atoms with E-state index in [4.69, 9.17) is 30.8 Å². The summed E-state index contributed by atoms with van der Waals surface area (Å²) in [6.45, 7) is 6.27. The third kappa shape index (κ3) is 5.57. The molecule has 11 heteroatoms. The highest BCUT2D eigenvalue weighted by Gasteiger charge is 2.42. The van der Waals surface area contributed by atoms with Crippen LogP contribution in [0.5, 0.6) is 11.5 Å². The van der Waals surface area contributed by atoms with E-state index in [1.807, 2.05) is 25.1 Å². The zero-order chi connectivity index (χ0) is 32.0. The van der Waals surface area contributed by atoms with Gasteiger partial charge in [0.1, 0.15) is 17.0 Å². The van der Waals surface area contributed by atoms with Gasteiger partial charge in [0, 0.05) is 25.3 Å². The van der Waals surface area contributed by atoms with Crippen LogP contribution in [0.2, 0.25) is 5.02 Å². The second kappa shape index (κ2) is 12.2. The molecule has 238 valence electrons. The fourth-order valence-corrected chi connectivity index (χ4v) is 6.79. The van der Waals surface area contributed by atoms with Crippen LogP contribution in [0.3, 0.4) is 0 Å². The van der Waals surface area contributed by atoms with Gasteiger partial charge in [-0.25, -0.2) is 14.2 Å². The van der Waals surface area contributed by atoms with Crippen molar-refractivity contribution >= 4 is 28.6 Å². The first-order valence-electron chi connectivity index (χ1n) is 15.5. The molecule has 46 heavy (non-hydrogen) atoms. The number of rotatable bonds is 7. The normalized spacial score (nSPS) is 21.2. The molecule has 2 unspecified atom stereocenters. The maximum absolute atomic E-state index is 13.1. The van der Waals surface area contributed by atoms with Gasteiger partial charge in [0.2, 0.25) is 0 Å². The van der Waals surface area contributed by atoms with Crippen molar-refractivity contribution in [3.05, 3.63) is 81.4 Å². The van der Waals surface area contributed by atoms with E-state index in [9.17, 15) is 14.3 Å². The monoisotopic (exact) mass is 644 g/mol. The highest BCUT2D eigenvalue weighted by atomic mass is 35.5. The number of hydrogen-bond acceptors (Lipinski definition) is 7. The topological polar surface area (TPSA) is 98.9 Å². The fraction of sp³-hybridized carbons (Fsp3) is 0.400. The highest BCUT2D eigenvalue weighted by Crippen LogP contribution is 2.49. The molecular weight excluding hydrogens is 611 g/mol. The van der Waals surface area contributed by atoms with E-state index in [1.165, 1.54) is 0 Å². The number of alkyl halides is 1. The molecule has 0 amide bonds. The number of aromatic carboxylic acids is 1. The van der Waals surface area contributed by atoms with E-state index in [2.05, 4.69) is 32.4 Å². The van der Waals surface area contributed by atoms with Gasteiger partial charge in [0.05, 0.1) is 40.9 Å². The van der Waals surface area contributed by atoms with Crippen molar-refractivity contribution in [2.24, 2.45) is 0 Å². The quantitative estimate of drug-likeness (QED) is 0.237. The van der Waals surface area contributed by atoms with Crippen molar-refractivity contribution < 1.29 is 28.5 Å². The van der Waals surface area contributed by atoms with Crippen molar-refractivity contribution in [2.75, 3.05) is 26.4 Å². The summed E-state index contributed by atoms with van der Waals surface area (Å²) >= 11 is 6.05. The molecule has 2 aromatic heterocycles. The van der Waals surface area contributed by atoms with Gasteiger partial charge in [-0.05, 0) is 75.0 Å². The average molecular weight is 645 g/mol. The van der Waals surface area contributed by atoms with Crippen LogP contribution in [0.1, 0.15) is 70.7 Å². The molecule has 2 fully saturated rings. The number of aromatic nitrogens is 3. The Labute approximate surface area is 271 Å². The van der Waals surface area contributed by atoms with Gasteiger partial charge in [-0.1, -0.05) is 35.6 Å². The van der Waals surface area contributed by atoms with Gasteiger partial charge < -0.3 is 23.9 Å². The number of fused-ring (bicyclic) bond motifs is 2. The minimum Gasteiger partial charge on any atom is -0.478 e. The molecule has 3 aliphatic heterocycles. The first-order chi connectivity index (χ1) is 22.2. The fourth-order valence-electron chi connectivity index (χ4n) is 6.67. The van der Waals surface area contributed by atoms with Gasteiger partial charge in [-0.3, -0.25) is 9.88 Å². The first kappa shape index (κ1) is 30.5. The summed E-state index contributed by atoms with van der Waals surface area (Å²) in [6.07, 6.45) is 4.38. The molecule has 4 aromatic rings. The Morgan fingerprint density at radius 1 is 1.20 bits per heavy atom. The van der Waals surface area contributed by atoms with Crippen molar-refractivity contribution in [3.8, 4) is 23.3 Å². The number of piperidine rings is 1. The molecule has 2 aromatic carbocycles. The third-order valence-corrected chi connectivity index (χ3v) is 9.49. The van der Waals surface area contributed by atoms with Gasteiger partial charge in [0.25, 0.3) is 5.79 Å². The Morgan fingerprint density at radius 2 is 2.00 bits per heavy atom. The molecule has 0 saturated carbocycles. The summed E-state index contributed by atoms with van der Waals surface area (Å²) in [7, 11) is 0. The maximum Gasteiger partial charge on any atom is 0.336 e. The lowest BCUT2D eigenvalue weighted by atomic mass is 9.88. The van der Waals surface area contributed by atoms with Crippen LogP contribution in [0.4, 0.5) is 4.39 Å². The third-order valence-electron chi connectivity index (χ3n) is 9.27. The van der Waals surface area contributed by atoms with Crippen LogP contribution < -0.4 is 9.47 Å². The highest BCUT2D eigenvalue weighted by molar-refractivity contribution is 6.30. The van der Waals surface area contributed by atoms with Crippen molar-refractivity contribution in [3.63, 3.8) is 0 Å². The number of ether oxygens (including phenoxy) is 3. The Kier molecular flexibility index (Phi) is 8.09. The van der Waals surface area contributed by atoms with Crippen LogP contribution in [0.15, 0.2) is 42.6 Å². The lowest BCUT2D eigenvalue weighted by Crippen LogP contribution is -2.35. The lowest BCUT2D eigenvalue weighted by Gasteiger charge is -2.33. The zero-order valence-corrected chi connectivity index (χ0v) is 26.4. The molecule has 2 atom stereocenters.